The van der Waals surface area contributed by atoms with E-state index in [-0.39, 0.29) is 0 Å². The summed E-state index contributed by atoms with van der Waals surface area (Å²) in [4.78, 5) is 5.31. The van der Waals surface area contributed by atoms with Gasteiger partial charge in [-0.15, -0.1) is 10.0 Å². The van der Waals surface area contributed by atoms with E-state index in [1.54, 1.807) is 0 Å². The topological polar surface area (TPSA) is 0 Å². The summed E-state index contributed by atoms with van der Waals surface area (Å²) in [5.74, 6) is 0. The van der Waals surface area contributed by atoms with Crippen LogP contribution in [0.2, 0.25) is 0 Å². The molecule has 9 rings (SSSR count). The van der Waals surface area contributed by atoms with Gasteiger partial charge in [-0.05, 0) is 103 Å². The summed E-state index contributed by atoms with van der Waals surface area (Å²) in [5.41, 5.74) is 5.07. The van der Waals surface area contributed by atoms with Gasteiger partial charge < -0.3 is 0 Å². The van der Waals surface area contributed by atoms with Gasteiger partial charge in [-0.25, -0.2) is 0 Å². The van der Waals surface area contributed by atoms with Crippen LogP contribution in [0.5, 0.6) is 0 Å². The van der Waals surface area contributed by atoms with Crippen LogP contribution in [0.4, 0.5) is 0 Å². The van der Waals surface area contributed by atoms with Crippen LogP contribution in [-0.2, 0) is 0 Å². The molecule has 0 aliphatic rings. The Morgan fingerprint density at radius 3 is 1.10 bits per heavy atom. The predicted molar refractivity (Wildman–Crippen MR) is 210 cm³/mol. The molecule has 0 radical (unpaired) electrons. The van der Waals surface area contributed by atoms with E-state index >= 15 is 0 Å². The largest absolute Gasteiger partial charge is 0.133 e. The molecular weight excluding hydrogens is 609 g/mol. The van der Waals surface area contributed by atoms with Crippen LogP contribution in [0, 0.1) is 0 Å². The molecule has 232 valence electrons. The molecule has 0 aliphatic carbocycles. The van der Waals surface area contributed by atoms with Crippen molar-refractivity contribution in [3.05, 3.63) is 206 Å². The summed E-state index contributed by atoms with van der Waals surface area (Å²) in [6.45, 7) is 0. The summed E-state index contributed by atoms with van der Waals surface area (Å²) in [7, 11) is -1.76. The molecule has 9 aromatic rings. The second-order valence-electron chi connectivity index (χ2n) is 12.4. The molecule has 0 amide bonds. The minimum atomic E-state index is -1.76. The van der Waals surface area contributed by atoms with Crippen molar-refractivity contribution in [2.75, 3.05) is 0 Å². The molecule has 1 heteroatoms. The molecule has 0 atom stereocenters. The first kappa shape index (κ1) is 29.3. The minimum Gasteiger partial charge on any atom is -0.133 e. The zero-order chi connectivity index (χ0) is 32.6. The van der Waals surface area contributed by atoms with Gasteiger partial charge in [0.2, 0.25) is 0 Å². The molecule has 0 heterocycles. The third kappa shape index (κ3) is 4.78. The second kappa shape index (κ2) is 12.3. The lowest BCUT2D eigenvalue weighted by molar-refractivity contribution is 1.24. The van der Waals surface area contributed by atoms with Gasteiger partial charge in [0.05, 0.1) is 0 Å². The molecule has 0 fully saturated rings. The molecule has 0 saturated heterocycles. The van der Waals surface area contributed by atoms with Crippen LogP contribution in [0.25, 0.3) is 54.6 Å². The van der Waals surface area contributed by atoms with E-state index in [2.05, 4.69) is 206 Å². The van der Waals surface area contributed by atoms with Crippen LogP contribution in [0.3, 0.4) is 0 Å². The lowest BCUT2D eigenvalue weighted by Gasteiger charge is -2.42. The fourth-order valence-corrected chi connectivity index (χ4v) is 11.6. The van der Waals surface area contributed by atoms with Gasteiger partial charge in [0.15, 0.2) is 0 Å². The second-order valence-corrected chi connectivity index (χ2v) is 15.6. The Labute approximate surface area is 289 Å². The van der Waals surface area contributed by atoms with Crippen LogP contribution < -0.4 is 0 Å². The lowest BCUT2D eigenvalue weighted by Crippen LogP contribution is -2.05. The Morgan fingerprint density at radius 1 is 0.245 bits per heavy atom. The van der Waals surface area contributed by atoms with E-state index in [0.29, 0.717) is 0 Å². The Bertz CT molecular complexity index is 2410. The average molecular weight is 643 g/mol. The average Bonchev–Trinajstić information content (AvgIpc) is 3.19. The van der Waals surface area contributed by atoms with E-state index in [1.807, 2.05) is 0 Å². The highest BCUT2D eigenvalue weighted by Crippen LogP contribution is 2.73. The van der Waals surface area contributed by atoms with Gasteiger partial charge in [0.1, 0.15) is 0 Å². The fourth-order valence-electron chi connectivity index (χ4n) is 7.69. The number of hydrogen-bond donors (Lipinski definition) is 0. The van der Waals surface area contributed by atoms with Crippen molar-refractivity contribution in [1.29, 1.82) is 0 Å². The lowest BCUT2D eigenvalue weighted by atomic mass is 9.85. The van der Waals surface area contributed by atoms with Crippen molar-refractivity contribution in [3.8, 4) is 22.3 Å². The Hall–Kier alpha value is -5.89. The fraction of sp³-hybridized carbons (Fsp3) is 0. The summed E-state index contributed by atoms with van der Waals surface area (Å²) in [6, 6.07) is 76.0. The molecule has 0 spiro atoms. The van der Waals surface area contributed by atoms with Crippen LogP contribution in [0.1, 0.15) is 0 Å². The maximum Gasteiger partial charge on any atom is 0.00233 e. The molecular formula is C48H34S. The molecule has 9 aromatic carbocycles. The van der Waals surface area contributed by atoms with Gasteiger partial charge in [-0.1, -0.05) is 158 Å². The first-order chi connectivity index (χ1) is 24.3. The van der Waals surface area contributed by atoms with E-state index < -0.39 is 10.0 Å². The molecule has 0 bridgehead atoms. The molecule has 0 N–H and O–H groups in total. The van der Waals surface area contributed by atoms with E-state index in [1.165, 1.54) is 74.2 Å². The van der Waals surface area contributed by atoms with Crippen LogP contribution in [0.15, 0.2) is 226 Å². The Balaban J connectivity index is 1.31. The molecule has 49 heavy (non-hydrogen) atoms. The molecule has 0 nitrogen and oxygen atoms in total. The normalized spacial score (nSPS) is 12.0. The summed E-state index contributed by atoms with van der Waals surface area (Å²) in [6.07, 6.45) is 0. The smallest absolute Gasteiger partial charge is 0.00233 e. The van der Waals surface area contributed by atoms with Gasteiger partial charge >= 0.3 is 0 Å². The molecule has 0 aliphatic heterocycles. The summed E-state index contributed by atoms with van der Waals surface area (Å²) in [5, 5.41) is 7.62. The quantitative estimate of drug-likeness (QED) is 0.158. The summed E-state index contributed by atoms with van der Waals surface area (Å²) < 4.78 is 0. The van der Waals surface area contributed by atoms with Crippen LogP contribution in [-0.4, -0.2) is 0 Å². The van der Waals surface area contributed by atoms with Gasteiger partial charge in [-0.2, -0.15) is 0 Å². The Kier molecular flexibility index (Phi) is 7.34. The standard InChI is InChI=1S/C48H34S/c1-4-19-37(20-5-1)49(38-21-6-2-7-22-38,39-23-8-3-9-24-39)40-33-31-36(32-34-40)47-43-26-12-14-28-45(43)48(46-29-15-13-27-44(46)47)42-30-16-18-35-17-10-11-25-41(35)42/h1-34H. The molecule has 0 unspecified atom stereocenters. The van der Waals surface area contributed by atoms with E-state index in [9.17, 15) is 0 Å². The van der Waals surface area contributed by atoms with Gasteiger partial charge in [0, 0.05) is 19.6 Å². The zero-order valence-corrected chi connectivity index (χ0v) is 27.9. The Morgan fingerprint density at radius 2 is 0.612 bits per heavy atom. The van der Waals surface area contributed by atoms with Crippen molar-refractivity contribution < 1.29 is 0 Å². The zero-order valence-electron chi connectivity index (χ0n) is 27.0. The van der Waals surface area contributed by atoms with Gasteiger partial charge in [-0.3, -0.25) is 0 Å². The number of rotatable bonds is 6. The molecule has 0 aromatic heterocycles. The SMILES string of the molecule is c1ccc(S(c2ccccc2)(c2ccccc2)c2ccc(-c3c4ccccc4c(-c4cccc5ccccc45)c4ccccc34)cc2)cc1. The third-order valence-corrected chi connectivity index (χ3v) is 13.7. The predicted octanol–water partition coefficient (Wildman–Crippen LogP) is 13.8. The van der Waals surface area contributed by atoms with E-state index in [0.717, 1.165) is 0 Å². The van der Waals surface area contributed by atoms with Crippen molar-refractivity contribution in [2.45, 2.75) is 19.6 Å². The number of fused-ring (bicyclic) bond motifs is 3. The van der Waals surface area contributed by atoms with Gasteiger partial charge in [0.25, 0.3) is 0 Å². The third-order valence-electron chi connectivity index (χ3n) is 9.78. The van der Waals surface area contributed by atoms with Crippen molar-refractivity contribution in [1.82, 2.24) is 0 Å². The van der Waals surface area contributed by atoms with Crippen LogP contribution >= 0.6 is 10.0 Å². The van der Waals surface area contributed by atoms with Crippen molar-refractivity contribution >= 4 is 42.3 Å². The highest BCUT2D eigenvalue weighted by molar-refractivity contribution is 8.34. The number of hydrogen-bond acceptors (Lipinski definition) is 0. The van der Waals surface area contributed by atoms with Crippen molar-refractivity contribution in [2.24, 2.45) is 0 Å². The molecule has 0 saturated carbocycles. The first-order valence-electron chi connectivity index (χ1n) is 16.8. The van der Waals surface area contributed by atoms with Crippen molar-refractivity contribution in [3.63, 3.8) is 0 Å². The highest BCUT2D eigenvalue weighted by Gasteiger charge is 2.33. The first-order valence-corrected chi connectivity index (χ1v) is 18.5. The minimum absolute atomic E-state index is 1.23. The summed E-state index contributed by atoms with van der Waals surface area (Å²) >= 11 is 0. The number of benzene rings is 9. The monoisotopic (exact) mass is 642 g/mol. The van der Waals surface area contributed by atoms with E-state index in [4.69, 9.17) is 0 Å². The maximum atomic E-state index is 2.39. The highest BCUT2D eigenvalue weighted by atomic mass is 32.3. The maximum absolute atomic E-state index is 2.39.